The standard InChI is InChI=1S/C13H19NO2/c1-4-9(2)8-16-13(15)11-6-5-7-12(14)10(11)3/h5-7,9H,4,8,14H2,1-3H3. The van der Waals surface area contributed by atoms with Gasteiger partial charge in [-0.05, 0) is 30.5 Å². The minimum Gasteiger partial charge on any atom is -0.462 e. The van der Waals surface area contributed by atoms with Gasteiger partial charge in [-0.25, -0.2) is 4.79 Å². The van der Waals surface area contributed by atoms with Gasteiger partial charge in [0.2, 0.25) is 0 Å². The van der Waals surface area contributed by atoms with Crippen molar-refractivity contribution in [3.8, 4) is 0 Å². The molecule has 1 unspecified atom stereocenters. The molecule has 2 N–H and O–H groups in total. The summed E-state index contributed by atoms with van der Waals surface area (Å²) in [6.07, 6.45) is 1.00. The minimum atomic E-state index is -0.287. The summed E-state index contributed by atoms with van der Waals surface area (Å²) in [6.45, 7) is 6.42. The van der Waals surface area contributed by atoms with Gasteiger partial charge in [0.05, 0.1) is 12.2 Å². The first-order valence-corrected chi connectivity index (χ1v) is 5.58. The predicted octanol–water partition coefficient (Wildman–Crippen LogP) is 2.78. The number of hydrogen-bond acceptors (Lipinski definition) is 3. The van der Waals surface area contributed by atoms with Crippen LogP contribution in [0.25, 0.3) is 0 Å². The van der Waals surface area contributed by atoms with E-state index in [4.69, 9.17) is 10.5 Å². The SMILES string of the molecule is CCC(C)COC(=O)c1cccc(N)c1C. The van der Waals surface area contributed by atoms with E-state index in [0.717, 1.165) is 12.0 Å². The number of benzene rings is 1. The van der Waals surface area contributed by atoms with Crippen LogP contribution >= 0.6 is 0 Å². The Morgan fingerprint density at radius 1 is 1.50 bits per heavy atom. The first-order valence-electron chi connectivity index (χ1n) is 5.58. The molecule has 0 fully saturated rings. The first-order chi connectivity index (χ1) is 7.56. The molecule has 0 heterocycles. The Morgan fingerprint density at radius 3 is 2.81 bits per heavy atom. The number of esters is 1. The molecule has 0 aromatic heterocycles. The lowest BCUT2D eigenvalue weighted by atomic mass is 10.1. The fraction of sp³-hybridized carbons (Fsp3) is 0.462. The normalized spacial score (nSPS) is 12.2. The summed E-state index contributed by atoms with van der Waals surface area (Å²) in [5.41, 5.74) is 7.70. The molecule has 3 heteroatoms. The van der Waals surface area contributed by atoms with Crippen LogP contribution < -0.4 is 5.73 Å². The molecule has 1 aromatic rings. The van der Waals surface area contributed by atoms with E-state index in [1.807, 2.05) is 6.92 Å². The van der Waals surface area contributed by atoms with Crippen LogP contribution in [0, 0.1) is 12.8 Å². The maximum Gasteiger partial charge on any atom is 0.338 e. The van der Waals surface area contributed by atoms with Crippen molar-refractivity contribution in [2.75, 3.05) is 12.3 Å². The highest BCUT2D eigenvalue weighted by Gasteiger charge is 2.12. The molecule has 3 nitrogen and oxygen atoms in total. The summed E-state index contributed by atoms with van der Waals surface area (Å²) in [5.74, 6) is 0.107. The number of anilines is 1. The first kappa shape index (κ1) is 12.6. The van der Waals surface area contributed by atoms with E-state index < -0.39 is 0 Å². The zero-order valence-corrected chi connectivity index (χ0v) is 10.1. The Bertz CT molecular complexity index is 374. The molecule has 0 aliphatic heterocycles. The number of carbonyl (C=O) groups is 1. The van der Waals surface area contributed by atoms with Crippen molar-refractivity contribution >= 4 is 11.7 Å². The monoisotopic (exact) mass is 221 g/mol. The average Bonchev–Trinajstić information content (AvgIpc) is 2.29. The molecule has 88 valence electrons. The average molecular weight is 221 g/mol. The van der Waals surface area contributed by atoms with E-state index in [1.54, 1.807) is 18.2 Å². The number of rotatable bonds is 4. The van der Waals surface area contributed by atoms with Crippen molar-refractivity contribution in [1.82, 2.24) is 0 Å². The molecule has 0 bridgehead atoms. The fourth-order valence-electron chi connectivity index (χ4n) is 1.29. The molecule has 0 amide bonds. The van der Waals surface area contributed by atoms with Crippen LogP contribution in [0.1, 0.15) is 36.2 Å². The van der Waals surface area contributed by atoms with Crippen LogP contribution in [-0.4, -0.2) is 12.6 Å². The summed E-state index contributed by atoms with van der Waals surface area (Å²) >= 11 is 0. The number of nitrogens with two attached hydrogens (primary N) is 1. The van der Waals surface area contributed by atoms with Crippen molar-refractivity contribution in [3.63, 3.8) is 0 Å². The molecule has 1 aromatic carbocycles. The molecule has 1 rings (SSSR count). The second kappa shape index (κ2) is 5.54. The third kappa shape index (κ3) is 2.99. The van der Waals surface area contributed by atoms with Gasteiger partial charge < -0.3 is 10.5 Å². The summed E-state index contributed by atoms with van der Waals surface area (Å²) in [7, 11) is 0. The number of hydrogen-bond donors (Lipinski definition) is 1. The Morgan fingerprint density at radius 2 is 2.19 bits per heavy atom. The summed E-state index contributed by atoms with van der Waals surface area (Å²) in [4.78, 5) is 11.8. The van der Waals surface area contributed by atoms with Gasteiger partial charge in [-0.1, -0.05) is 26.3 Å². The molecule has 0 saturated carbocycles. The maximum absolute atomic E-state index is 11.8. The van der Waals surface area contributed by atoms with Crippen LogP contribution in [-0.2, 0) is 4.74 Å². The quantitative estimate of drug-likeness (QED) is 0.628. The van der Waals surface area contributed by atoms with Crippen LogP contribution in [0.4, 0.5) is 5.69 Å². The molecule has 0 saturated heterocycles. The topological polar surface area (TPSA) is 52.3 Å². The van der Waals surface area contributed by atoms with Crippen molar-refractivity contribution in [2.45, 2.75) is 27.2 Å². The van der Waals surface area contributed by atoms with Crippen LogP contribution in [0.15, 0.2) is 18.2 Å². The second-order valence-electron chi connectivity index (χ2n) is 4.13. The van der Waals surface area contributed by atoms with Gasteiger partial charge in [-0.2, -0.15) is 0 Å². The van der Waals surface area contributed by atoms with Crippen LogP contribution in [0.5, 0.6) is 0 Å². The van der Waals surface area contributed by atoms with E-state index in [2.05, 4.69) is 13.8 Å². The van der Waals surface area contributed by atoms with Crippen molar-refractivity contribution in [1.29, 1.82) is 0 Å². The van der Waals surface area contributed by atoms with E-state index >= 15 is 0 Å². The molecule has 16 heavy (non-hydrogen) atoms. The highest BCUT2D eigenvalue weighted by Crippen LogP contribution is 2.16. The molecule has 0 aliphatic carbocycles. The van der Waals surface area contributed by atoms with E-state index in [1.165, 1.54) is 0 Å². The summed E-state index contributed by atoms with van der Waals surface area (Å²) in [6, 6.07) is 5.29. The number of nitrogen functional groups attached to an aromatic ring is 1. The van der Waals surface area contributed by atoms with Gasteiger partial charge in [0.15, 0.2) is 0 Å². The smallest absolute Gasteiger partial charge is 0.338 e. The van der Waals surface area contributed by atoms with Crippen molar-refractivity contribution in [3.05, 3.63) is 29.3 Å². The van der Waals surface area contributed by atoms with Gasteiger partial charge in [-0.3, -0.25) is 0 Å². The molecular formula is C13H19NO2. The van der Waals surface area contributed by atoms with Crippen molar-refractivity contribution < 1.29 is 9.53 Å². The third-order valence-electron chi connectivity index (χ3n) is 2.79. The molecule has 0 aliphatic rings. The highest BCUT2D eigenvalue weighted by atomic mass is 16.5. The zero-order chi connectivity index (χ0) is 12.1. The number of carbonyl (C=O) groups excluding carboxylic acids is 1. The molecule has 1 atom stereocenters. The largest absolute Gasteiger partial charge is 0.462 e. The Labute approximate surface area is 96.6 Å². The predicted molar refractivity (Wildman–Crippen MR) is 65.3 cm³/mol. The maximum atomic E-state index is 11.8. The van der Waals surface area contributed by atoms with Gasteiger partial charge in [0, 0.05) is 5.69 Å². The number of ether oxygens (including phenoxy) is 1. The minimum absolute atomic E-state index is 0.287. The van der Waals surface area contributed by atoms with E-state index in [-0.39, 0.29) is 5.97 Å². The molecular weight excluding hydrogens is 202 g/mol. The van der Waals surface area contributed by atoms with Gasteiger partial charge in [-0.15, -0.1) is 0 Å². The third-order valence-corrected chi connectivity index (χ3v) is 2.79. The summed E-state index contributed by atoms with van der Waals surface area (Å²) < 4.78 is 5.22. The van der Waals surface area contributed by atoms with E-state index in [9.17, 15) is 4.79 Å². The van der Waals surface area contributed by atoms with E-state index in [0.29, 0.717) is 23.8 Å². The lowest BCUT2D eigenvalue weighted by molar-refractivity contribution is 0.0446. The second-order valence-corrected chi connectivity index (χ2v) is 4.13. The molecule has 0 spiro atoms. The Hall–Kier alpha value is -1.51. The van der Waals surface area contributed by atoms with Gasteiger partial charge >= 0.3 is 5.97 Å². The fourth-order valence-corrected chi connectivity index (χ4v) is 1.29. The van der Waals surface area contributed by atoms with Gasteiger partial charge in [0.25, 0.3) is 0 Å². The lowest BCUT2D eigenvalue weighted by Gasteiger charge is -2.11. The van der Waals surface area contributed by atoms with Crippen LogP contribution in [0.3, 0.4) is 0 Å². The molecule has 0 radical (unpaired) electrons. The van der Waals surface area contributed by atoms with Gasteiger partial charge in [0.1, 0.15) is 0 Å². The van der Waals surface area contributed by atoms with Crippen LogP contribution in [0.2, 0.25) is 0 Å². The lowest BCUT2D eigenvalue weighted by Crippen LogP contribution is -2.13. The Kier molecular flexibility index (Phi) is 4.35. The Balaban J connectivity index is 2.70. The zero-order valence-electron chi connectivity index (χ0n) is 10.1. The summed E-state index contributed by atoms with van der Waals surface area (Å²) in [5, 5.41) is 0. The highest BCUT2D eigenvalue weighted by molar-refractivity contribution is 5.92. The van der Waals surface area contributed by atoms with Crippen molar-refractivity contribution in [2.24, 2.45) is 5.92 Å².